The summed E-state index contributed by atoms with van der Waals surface area (Å²) in [5, 5.41) is 15.7. The van der Waals surface area contributed by atoms with Crippen molar-refractivity contribution >= 4 is 17.4 Å². The number of fused-ring (bicyclic) bond motifs is 1. The van der Waals surface area contributed by atoms with Crippen LogP contribution in [0.1, 0.15) is 22.8 Å². The van der Waals surface area contributed by atoms with E-state index in [4.69, 9.17) is 0 Å². The number of nitrogens with zero attached hydrogens (tertiary/aromatic N) is 1. The Balaban J connectivity index is 1.55. The van der Waals surface area contributed by atoms with Crippen LogP contribution in [0.5, 0.6) is 0 Å². The highest BCUT2D eigenvalue weighted by Gasteiger charge is 2.16. The normalized spacial score (nSPS) is 14.2. The summed E-state index contributed by atoms with van der Waals surface area (Å²) < 4.78 is 0. The smallest absolute Gasteiger partial charge is 0.319 e. The third kappa shape index (κ3) is 3.68. The SMILES string of the molecule is Cc1cccc(C(O)CNC(=O)Nc2ccc3c(c2)N(C)CC3)c1. The minimum Gasteiger partial charge on any atom is -0.387 e. The van der Waals surface area contributed by atoms with Crippen LogP contribution in [-0.2, 0) is 6.42 Å². The van der Waals surface area contributed by atoms with Gasteiger partial charge in [0, 0.05) is 31.5 Å². The molecule has 0 saturated heterocycles. The predicted molar refractivity (Wildman–Crippen MR) is 96.6 cm³/mol. The summed E-state index contributed by atoms with van der Waals surface area (Å²) in [6.45, 7) is 3.15. The second-order valence-corrected chi connectivity index (χ2v) is 6.28. The van der Waals surface area contributed by atoms with Gasteiger partial charge in [-0.1, -0.05) is 35.9 Å². The topological polar surface area (TPSA) is 64.6 Å². The van der Waals surface area contributed by atoms with Crippen molar-refractivity contribution in [3.63, 3.8) is 0 Å². The molecule has 1 atom stereocenters. The highest BCUT2D eigenvalue weighted by atomic mass is 16.3. The summed E-state index contributed by atoms with van der Waals surface area (Å²) in [5.74, 6) is 0. The summed E-state index contributed by atoms with van der Waals surface area (Å²) in [6.07, 6.45) is 0.322. The second kappa shape index (κ2) is 6.93. The fourth-order valence-corrected chi connectivity index (χ4v) is 2.98. The quantitative estimate of drug-likeness (QED) is 0.810. The van der Waals surface area contributed by atoms with Crippen LogP contribution in [0.3, 0.4) is 0 Å². The number of hydrogen-bond donors (Lipinski definition) is 3. The third-order valence-corrected chi connectivity index (χ3v) is 4.35. The molecule has 0 spiro atoms. The lowest BCUT2D eigenvalue weighted by Crippen LogP contribution is -2.32. The van der Waals surface area contributed by atoms with Gasteiger partial charge < -0.3 is 20.6 Å². The lowest BCUT2D eigenvalue weighted by Gasteiger charge is -2.15. The van der Waals surface area contributed by atoms with Gasteiger partial charge in [0.15, 0.2) is 0 Å². The van der Waals surface area contributed by atoms with E-state index < -0.39 is 6.10 Å². The molecule has 0 fully saturated rings. The van der Waals surface area contributed by atoms with E-state index in [0.29, 0.717) is 0 Å². The number of amides is 2. The van der Waals surface area contributed by atoms with Crippen LogP contribution in [0, 0.1) is 6.92 Å². The fraction of sp³-hybridized carbons (Fsp3) is 0.316. The average Bonchev–Trinajstić information content (AvgIpc) is 2.93. The summed E-state index contributed by atoms with van der Waals surface area (Å²) in [5.41, 5.74) is 5.10. The molecule has 2 aromatic carbocycles. The highest BCUT2D eigenvalue weighted by Crippen LogP contribution is 2.29. The summed E-state index contributed by atoms with van der Waals surface area (Å²) in [4.78, 5) is 14.2. The van der Waals surface area contributed by atoms with Crippen molar-refractivity contribution in [2.24, 2.45) is 0 Å². The highest BCUT2D eigenvalue weighted by molar-refractivity contribution is 5.90. The number of benzene rings is 2. The first kappa shape index (κ1) is 16.3. The number of aryl methyl sites for hydroxylation is 1. The average molecular weight is 325 g/mol. The lowest BCUT2D eigenvalue weighted by molar-refractivity contribution is 0.175. The van der Waals surface area contributed by atoms with E-state index in [9.17, 15) is 9.90 Å². The van der Waals surface area contributed by atoms with Gasteiger partial charge in [-0.15, -0.1) is 0 Å². The Labute approximate surface area is 142 Å². The van der Waals surface area contributed by atoms with E-state index >= 15 is 0 Å². The van der Waals surface area contributed by atoms with Gasteiger partial charge in [0.25, 0.3) is 0 Å². The minimum atomic E-state index is -0.721. The molecule has 5 heteroatoms. The number of aliphatic hydroxyl groups excluding tert-OH is 1. The number of rotatable bonds is 4. The van der Waals surface area contributed by atoms with Crippen molar-refractivity contribution < 1.29 is 9.90 Å². The first-order chi connectivity index (χ1) is 11.5. The molecular formula is C19H23N3O2. The van der Waals surface area contributed by atoms with Gasteiger partial charge in [-0.2, -0.15) is 0 Å². The largest absolute Gasteiger partial charge is 0.387 e. The molecule has 0 bridgehead atoms. The molecule has 5 nitrogen and oxygen atoms in total. The van der Waals surface area contributed by atoms with Gasteiger partial charge in [0.2, 0.25) is 0 Å². The van der Waals surface area contributed by atoms with Crippen LogP contribution in [0.4, 0.5) is 16.2 Å². The van der Waals surface area contributed by atoms with Crippen LogP contribution in [0.15, 0.2) is 42.5 Å². The first-order valence-electron chi connectivity index (χ1n) is 8.16. The van der Waals surface area contributed by atoms with Crippen molar-refractivity contribution in [1.29, 1.82) is 0 Å². The van der Waals surface area contributed by atoms with Crippen LogP contribution in [-0.4, -0.2) is 31.3 Å². The van der Waals surface area contributed by atoms with Gasteiger partial charge in [-0.3, -0.25) is 0 Å². The van der Waals surface area contributed by atoms with Gasteiger partial charge >= 0.3 is 6.03 Å². The zero-order valence-electron chi connectivity index (χ0n) is 14.0. The van der Waals surface area contributed by atoms with E-state index in [1.54, 1.807) is 0 Å². The maximum Gasteiger partial charge on any atom is 0.319 e. The van der Waals surface area contributed by atoms with Gasteiger partial charge in [-0.25, -0.2) is 4.79 Å². The number of anilines is 2. The Morgan fingerprint density at radius 2 is 2.12 bits per heavy atom. The van der Waals surface area contributed by atoms with Crippen molar-refractivity contribution in [2.45, 2.75) is 19.4 Å². The summed E-state index contributed by atoms with van der Waals surface area (Å²) >= 11 is 0. The first-order valence-corrected chi connectivity index (χ1v) is 8.16. The number of urea groups is 1. The van der Waals surface area contributed by atoms with Gasteiger partial charge in [-0.05, 0) is 36.6 Å². The van der Waals surface area contributed by atoms with Crippen molar-refractivity contribution in [3.8, 4) is 0 Å². The van der Waals surface area contributed by atoms with Crippen LogP contribution in [0.2, 0.25) is 0 Å². The fourth-order valence-electron chi connectivity index (χ4n) is 2.98. The number of carbonyl (C=O) groups excluding carboxylic acids is 1. The molecule has 2 aromatic rings. The molecule has 1 heterocycles. The van der Waals surface area contributed by atoms with E-state index in [0.717, 1.165) is 35.5 Å². The van der Waals surface area contributed by atoms with Crippen LogP contribution < -0.4 is 15.5 Å². The molecule has 126 valence electrons. The Morgan fingerprint density at radius 3 is 2.92 bits per heavy atom. The Morgan fingerprint density at radius 1 is 1.29 bits per heavy atom. The van der Waals surface area contributed by atoms with Crippen LogP contribution in [0.25, 0.3) is 0 Å². The van der Waals surface area contributed by atoms with Crippen LogP contribution >= 0.6 is 0 Å². The molecular weight excluding hydrogens is 302 g/mol. The minimum absolute atomic E-state index is 0.167. The molecule has 0 saturated carbocycles. The predicted octanol–water partition coefficient (Wildman–Crippen LogP) is 2.84. The molecule has 0 radical (unpaired) electrons. The Bertz CT molecular complexity index is 745. The maximum atomic E-state index is 12.0. The number of carbonyl (C=O) groups is 1. The molecule has 2 amide bonds. The molecule has 24 heavy (non-hydrogen) atoms. The van der Waals surface area contributed by atoms with Gasteiger partial charge in [0.1, 0.15) is 0 Å². The summed E-state index contributed by atoms with van der Waals surface area (Å²) in [7, 11) is 2.05. The van der Waals surface area contributed by atoms with E-state index in [1.165, 1.54) is 5.56 Å². The Hall–Kier alpha value is -2.53. The van der Waals surface area contributed by atoms with Crippen molar-refractivity contribution in [2.75, 3.05) is 30.4 Å². The Kier molecular flexibility index (Phi) is 4.71. The standard InChI is InChI=1S/C19H23N3O2/c1-13-4-3-5-15(10-13)18(23)12-20-19(24)21-16-7-6-14-8-9-22(2)17(14)11-16/h3-7,10-11,18,23H,8-9,12H2,1-2H3,(H2,20,21,24). The zero-order chi connectivity index (χ0) is 17.1. The van der Waals surface area contributed by atoms with Crippen molar-refractivity contribution in [1.82, 2.24) is 5.32 Å². The second-order valence-electron chi connectivity index (χ2n) is 6.28. The van der Waals surface area contributed by atoms with Crippen molar-refractivity contribution in [3.05, 3.63) is 59.2 Å². The molecule has 1 unspecified atom stereocenters. The summed E-state index contributed by atoms with van der Waals surface area (Å²) in [6, 6.07) is 13.3. The lowest BCUT2D eigenvalue weighted by atomic mass is 10.1. The van der Waals surface area contributed by atoms with E-state index in [-0.39, 0.29) is 12.6 Å². The third-order valence-electron chi connectivity index (χ3n) is 4.35. The maximum absolute atomic E-state index is 12.0. The van der Waals surface area contributed by atoms with E-state index in [1.807, 2.05) is 50.4 Å². The number of aliphatic hydroxyl groups is 1. The monoisotopic (exact) mass is 325 g/mol. The molecule has 1 aliphatic rings. The molecule has 0 aromatic heterocycles. The zero-order valence-corrected chi connectivity index (χ0v) is 14.0. The molecule has 3 rings (SSSR count). The van der Waals surface area contributed by atoms with Gasteiger partial charge in [0.05, 0.1) is 6.10 Å². The number of likely N-dealkylation sites (N-methyl/N-ethyl adjacent to an activating group) is 1. The number of nitrogens with one attached hydrogen (secondary N) is 2. The molecule has 3 N–H and O–H groups in total. The molecule has 1 aliphatic heterocycles. The molecule has 0 aliphatic carbocycles. The number of hydrogen-bond acceptors (Lipinski definition) is 3. The van der Waals surface area contributed by atoms with E-state index in [2.05, 4.69) is 21.6 Å².